The van der Waals surface area contributed by atoms with Crippen LogP contribution in [0, 0.1) is 5.92 Å². The summed E-state index contributed by atoms with van der Waals surface area (Å²) in [6.07, 6.45) is 2.01. The summed E-state index contributed by atoms with van der Waals surface area (Å²) in [7, 11) is 0. The summed E-state index contributed by atoms with van der Waals surface area (Å²) in [5.74, 6) is 0.666. The van der Waals surface area contributed by atoms with Crippen LogP contribution in [0.4, 0.5) is 4.79 Å². The average Bonchev–Trinajstić information content (AvgIpc) is 2.46. The minimum absolute atomic E-state index is 0.0613. The maximum Gasteiger partial charge on any atom is 0.407 e. The highest BCUT2D eigenvalue weighted by Crippen LogP contribution is 2.47. The first kappa shape index (κ1) is 6.01. The molecule has 1 amide bonds. The van der Waals surface area contributed by atoms with Crippen molar-refractivity contribution in [2.24, 2.45) is 5.92 Å². The van der Waals surface area contributed by atoms with Gasteiger partial charge in [-0.1, -0.05) is 13.3 Å². The van der Waals surface area contributed by atoms with Gasteiger partial charge in [0.15, 0.2) is 0 Å². The number of ether oxygens (including phenoxy) is 1. The van der Waals surface area contributed by atoms with Crippen molar-refractivity contribution in [3.8, 4) is 0 Å². The molecule has 2 unspecified atom stereocenters. The van der Waals surface area contributed by atoms with Gasteiger partial charge in [0.05, 0.1) is 5.54 Å². The maximum absolute atomic E-state index is 10.6. The smallest absolute Gasteiger partial charge is 0.407 e. The molecule has 2 rings (SSSR count). The van der Waals surface area contributed by atoms with E-state index in [4.69, 9.17) is 4.74 Å². The van der Waals surface area contributed by atoms with Gasteiger partial charge >= 0.3 is 6.09 Å². The lowest BCUT2D eigenvalue weighted by molar-refractivity contribution is 0.176. The van der Waals surface area contributed by atoms with E-state index in [9.17, 15) is 4.79 Å². The van der Waals surface area contributed by atoms with Gasteiger partial charge in [-0.3, -0.25) is 0 Å². The number of rotatable bonds is 1. The van der Waals surface area contributed by atoms with Crippen molar-refractivity contribution in [2.45, 2.75) is 25.3 Å². The summed E-state index contributed by atoms with van der Waals surface area (Å²) in [5.41, 5.74) is 0.0613. The van der Waals surface area contributed by atoms with Gasteiger partial charge in [0.1, 0.15) is 6.61 Å². The molecule has 1 saturated heterocycles. The van der Waals surface area contributed by atoms with Crippen molar-refractivity contribution >= 4 is 6.09 Å². The van der Waals surface area contributed by atoms with Crippen molar-refractivity contribution < 1.29 is 9.53 Å². The quantitative estimate of drug-likeness (QED) is 0.589. The molecule has 2 fully saturated rings. The largest absolute Gasteiger partial charge is 0.447 e. The summed E-state index contributed by atoms with van der Waals surface area (Å²) in [6, 6.07) is 0. The third-order valence-corrected chi connectivity index (χ3v) is 2.54. The molecule has 1 spiro atoms. The van der Waals surface area contributed by atoms with Gasteiger partial charge < -0.3 is 10.1 Å². The van der Waals surface area contributed by atoms with Crippen LogP contribution < -0.4 is 5.32 Å². The number of amides is 1. The molecule has 0 aromatic rings. The Morgan fingerprint density at radius 3 is 3.10 bits per heavy atom. The fraction of sp³-hybridized carbons (Fsp3) is 0.857. The zero-order chi connectivity index (χ0) is 7.19. The molecule has 1 N–H and O–H groups in total. The number of nitrogens with one attached hydrogen (secondary N) is 1. The van der Waals surface area contributed by atoms with Crippen LogP contribution in [0.5, 0.6) is 0 Å². The molecule has 0 bridgehead atoms. The first-order valence-electron chi connectivity index (χ1n) is 3.72. The van der Waals surface area contributed by atoms with E-state index in [2.05, 4.69) is 12.2 Å². The zero-order valence-corrected chi connectivity index (χ0v) is 6.02. The topological polar surface area (TPSA) is 38.3 Å². The van der Waals surface area contributed by atoms with Gasteiger partial charge in [-0.25, -0.2) is 4.79 Å². The molecular formula is C7H11NO2. The predicted octanol–water partition coefficient (Wildman–Crippen LogP) is 0.895. The number of hydrogen-bond donors (Lipinski definition) is 1. The highest BCUT2D eigenvalue weighted by Gasteiger charge is 2.58. The van der Waals surface area contributed by atoms with Crippen LogP contribution >= 0.6 is 0 Å². The van der Waals surface area contributed by atoms with Crippen molar-refractivity contribution in [1.29, 1.82) is 0 Å². The molecular weight excluding hydrogens is 130 g/mol. The summed E-state index contributed by atoms with van der Waals surface area (Å²) >= 11 is 0. The molecule has 1 heterocycles. The highest BCUT2D eigenvalue weighted by atomic mass is 16.6. The molecule has 1 aliphatic heterocycles. The number of alkyl carbamates (subject to hydrolysis) is 1. The minimum Gasteiger partial charge on any atom is -0.447 e. The first-order chi connectivity index (χ1) is 4.77. The van der Waals surface area contributed by atoms with E-state index < -0.39 is 0 Å². The molecule has 1 saturated carbocycles. The fourth-order valence-corrected chi connectivity index (χ4v) is 1.72. The van der Waals surface area contributed by atoms with Gasteiger partial charge in [-0.2, -0.15) is 0 Å². The van der Waals surface area contributed by atoms with E-state index in [-0.39, 0.29) is 11.6 Å². The molecule has 0 aromatic heterocycles. The number of carbonyl (C=O) groups excluding carboxylic acids is 1. The van der Waals surface area contributed by atoms with Gasteiger partial charge in [0.2, 0.25) is 0 Å². The third kappa shape index (κ3) is 0.632. The van der Waals surface area contributed by atoms with Crippen LogP contribution in [0.15, 0.2) is 0 Å². The molecule has 10 heavy (non-hydrogen) atoms. The summed E-state index contributed by atoms with van der Waals surface area (Å²) in [5, 5.41) is 2.84. The Morgan fingerprint density at radius 1 is 1.90 bits per heavy atom. The number of carbonyl (C=O) groups is 1. The summed E-state index contributed by atoms with van der Waals surface area (Å²) in [4.78, 5) is 10.6. The molecule has 2 atom stereocenters. The molecule has 3 heteroatoms. The lowest BCUT2D eigenvalue weighted by atomic mass is 10.2. The van der Waals surface area contributed by atoms with Crippen LogP contribution in [-0.2, 0) is 4.74 Å². The van der Waals surface area contributed by atoms with Crippen LogP contribution in [-0.4, -0.2) is 18.2 Å². The molecule has 2 aliphatic rings. The maximum atomic E-state index is 10.6. The zero-order valence-electron chi connectivity index (χ0n) is 6.02. The molecule has 0 radical (unpaired) electrons. The molecule has 0 aromatic carbocycles. The Morgan fingerprint density at radius 2 is 2.70 bits per heavy atom. The standard InChI is InChI=1S/C7H11NO2/c1-2-5-3-7(5)4-10-6(9)8-7/h5H,2-4H2,1H3,(H,8,9). The van der Waals surface area contributed by atoms with Gasteiger partial charge in [0.25, 0.3) is 0 Å². The predicted molar refractivity (Wildman–Crippen MR) is 35.6 cm³/mol. The number of cyclic esters (lactones) is 1. The Labute approximate surface area is 59.7 Å². The van der Waals surface area contributed by atoms with Crippen molar-refractivity contribution in [1.82, 2.24) is 5.32 Å². The second-order valence-corrected chi connectivity index (χ2v) is 3.17. The fourth-order valence-electron chi connectivity index (χ4n) is 1.72. The third-order valence-electron chi connectivity index (χ3n) is 2.54. The highest BCUT2D eigenvalue weighted by molar-refractivity contribution is 5.71. The SMILES string of the molecule is CCC1CC12COC(=O)N2. The normalized spacial score (nSPS) is 43.3. The van der Waals surface area contributed by atoms with Gasteiger partial charge in [-0.15, -0.1) is 0 Å². The second-order valence-electron chi connectivity index (χ2n) is 3.17. The van der Waals surface area contributed by atoms with E-state index >= 15 is 0 Å². The van der Waals surface area contributed by atoms with E-state index in [0.717, 1.165) is 12.8 Å². The lowest BCUT2D eigenvalue weighted by Crippen LogP contribution is -2.30. The Kier molecular flexibility index (Phi) is 0.993. The van der Waals surface area contributed by atoms with Crippen molar-refractivity contribution in [3.05, 3.63) is 0 Å². The van der Waals surface area contributed by atoms with Gasteiger partial charge in [-0.05, 0) is 12.3 Å². The lowest BCUT2D eigenvalue weighted by Gasteiger charge is -2.02. The van der Waals surface area contributed by atoms with Crippen LogP contribution in [0.2, 0.25) is 0 Å². The van der Waals surface area contributed by atoms with Crippen LogP contribution in [0.3, 0.4) is 0 Å². The first-order valence-corrected chi connectivity index (χ1v) is 3.72. The Balaban J connectivity index is 2.02. The summed E-state index contributed by atoms with van der Waals surface area (Å²) in [6.45, 7) is 2.73. The second kappa shape index (κ2) is 1.65. The van der Waals surface area contributed by atoms with E-state index in [1.165, 1.54) is 0 Å². The van der Waals surface area contributed by atoms with Gasteiger partial charge in [0, 0.05) is 0 Å². The van der Waals surface area contributed by atoms with E-state index in [1.54, 1.807) is 0 Å². The molecule has 56 valence electrons. The Hall–Kier alpha value is -0.730. The monoisotopic (exact) mass is 141 g/mol. The van der Waals surface area contributed by atoms with Crippen LogP contribution in [0.1, 0.15) is 19.8 Å². The van der Waals surface area contributed by atoms with E-state index in [1.807, 2.05) is 0 Å². The van der Waals surface area contributed by atoms with Crippen molar-refractivity contribution in [2.75, 3.05) is 6.61 Å². The van der Waals surface area contributed by atoms with Crippen LogP contribution in [0.25, 0.3) is 0 Å². The average molecular weight is 141 g/mol. The Bertz CT molecular complexity index is 180. The molecule has 3 nitrogen and oxygen atoms in total. The minimum atomic E-state index is -0.240. The number of hydrogen-bond acceptors (Lipinski definition) is 2. The molecule has 1 aliphatic carbocycles. The van der Waals surface area contributed by atoms with E-state index in [0.29, 0.717) is 12.5 Å². The van der Waals surface area contributed by atoms with Crippen molar-refractivity contribution in [3.63, 3.8) is 0 Å². The summed E-state index contributed by atoms with van der Waals surface area (Å²) < 4.78 is 4.81.